The number of hydrogen-bond acceptors (Lipinski definition) is 3. The van der Waals surface area contributed by atoms with Crippen LogP contribution < -0.4 is 0 Å². The third kappa shape index (κ3) is 2.78. The maximum absolute atomic E-state index is 11.3. The fraction of sp³-hybridized carbons (Fsp3) is 0.333. The van der Waals surface area contributed by atoms with Crippen molar-refractivity contribution < 1.29 is 4.92 Å². The summed E-state index contributed by atoms with van der Waals surface area (Å²) in [6, 6.07) is 13.9. The maximum atomic E-state index is 11.3. The maximum Gasteiger partial charge on any atom is 0.271 e. The third-order valence-corrected chi connectivity index (χ3v) is 5.27. The zero-order valence-corrected chi connectivity index (χ0v) is 15.2. The first kappa shape index (κ1) is 16.8. The fourth-order valence-electron chi connectivity index (χ4n) is 4.09. The molecule has 4 rings (SSSR count). The first-order valence-corrected chi connectivity index (χ1v) is 9.09. The molecule has 0 atom stereocenters. The Kier molecular flexibility index (Phi) is 4.24. The molecule has 5 nitrogen and oxygen atoms in total. The average molecular weight is 349 g/mol. The summed E-state index contributed by atoms with van der Waals surface area (Å²) < 4.78 is 2.30. The van der Waals surface area contributed by atoms with E-state index in [0.29, 0.717) is 0 Å². The van der Waals surface area contributed by atoms with Crippen LogP contribution in [0.3, 0.4) is 0 Å². The van der Waals surface area contributed by atoms with Crippen LogP contribution in [0.2, 0.25) is 0 Å². The lowest BCUT2D eigenvalue weighted by Gasteiger charge is -2.20. The van der Waals surface area contributed by atoms with E-state index in [-0.39, 0.29) is 10.6 Å². The van der Waals surface area contributed by atoms with Crippen LogP contribution >= 0.6 is 0 Å². The lowest BCUT2D eigenvalue weighted by Crippen LogP contribution is -2.16. The Bertz CT molecular complexity index is 988. The number of fused-ring (bicyclic) bond motifs is 5. The molecule has 134 valence electrons. The van der Waals surface area contributed by atoms with Gasteiger partial charge in [0, 0.05) is 29.6 Å². The first-order chi connectivity index (χ1) is 12.6. The van der Waals surface area contributed by atoms with Gasteiger partial charge in [0.1, 0.15) is 0 Å². The van der Waals surface area contributed by atoms with E-state index < -0.39 is 0 Å². The van der Waals surface area contributed by atoms with Crippen molar-refractivity contribution in [3.8, 4) is 11.3 Å². The molecule has 0 N–H and O–H groups in total. The highest BCUT2D eigenvalue weighted by molar-refractivity contribution is 5.94. The zero-order chi connectivity index (χ0) is 18.3. The molecular formula is C21H23N3O2. The largest absolute Gasteiger partial charge is 0.340 e. The predicted molar refractivity (Wildman–Crippen MR) is 105 cm³/mol. The number of rotatable bonds is 5. The molecule has 0 unspecified atom stereocenters. The van der Waals surface area contributed by atoms with Crippen LogP contribution in [0, 0.1) is 10.1 Å². The molecule has 0 spiro atoms. The lowest BCUT2D eigenvalue weighted by molar-refractivity contribution is -0.384. The predicted octanol–water partition coefficient (Wildman–Crippen LogP) is 4.27. The Morgan fingerprint density at radius 2 is 1.96 bits per heavy atom. The summed E-state index contributed by atoms with van der Waals surface area (Å²) in [5.74, 6) is 0. The molecule has 0 aliphatic heterocycles. The summed E-state index contributed by atoms with van der Waals surface area (Å²) in [6.45, 7) is 1.85. The van der Waals surface area contributed by atoms with Gasteiger partial charge in [-0.2, -0.15) is 0 Å². The van der Waals surface area contributed by atoms with Crippen LogP contribution in [0.1, 0.15) is 17.5 Å². The summed E-state index contributed by atoms with van der Waals surface area (Å²) in [6.07, 6.45) is 3.02. The smallest absolute Gasteiger partial charge is 0.271 e. The Hall–Kier alpha value is -2.66. The molecule has 2 aromatic carbocycles. The van der Waals surface area contributed by atoms with Gasteiger partial charge in [-0.1, -0.05) is 24.3 Å². The van der Waals surface area contributed by atoms with Crippen molar-refractivity contribution >= 4 is 16.6 Å². The Morgan fingerprint density at radius 1 is 1.15 bits per heavy atom. The minimum Gasteiger partial charge on any atom is -0.340 e. The molecular weight excluding hydrogens is 326 g/mol. The van der Waals surface area contributed by atoms with Gasteiger partial charge in [0.25, 0.3) is 5.69 Å². The number of aryl methyl sites for hydroxylation is 3. The number of hydrogen-bond donors (Lipinski definition) is 0. The highest BCUT2D eigenvalue weighted by Crippen LogP contribution is 2.41. The van der Waals surface area contributed by atoms with E-state index in [1.807, 2.05) is 6.07 Å². The van der Waals surface area contributed by atoms with E-state index in [1.165, 1.54) is 22.4 Å². The molecule has 0 bridgehead atoms. The van der Waals surface area contributed by atoms with Gasteiger partial charge < -0.3 is 9.47 Å². The van der Waals surface area contributed by atoms with Gasteiger partial charge in [-0.05, 0) is 57.1 Å². The highest BCUT2D eigenvalue weighted by atomic mass is 16.6. The third-order valence-electron chi connectivity index (χ3n) is 5.27. The van der Waals surface area contributed by atoms with Crippen molar-refractivity contribution in [1.82, 2.24) is 9.47 Å². The molecule has 26 heavy (non-hydrogen) atoms. The summed E-state index contributed by atoms with van der Waals surface area (Å²) in [4.78, 5) is 13.2. The summed E-state index contributed by atoms with van der Waals surface area (Å²) in [5.41, 5.74) is 6.37. The molecule has 0 amide bonds. The number of aromatic nitrogens is 1. The van der Waals surface area contributed by atoms with Gasteiger partial charge in [-0.25, -0.2) is 0 Å². The lowest BCUT2D eigenvalue weighted by atomic mass is 9.89. The second-order valence-electron chi connectivity index (χ2n) is 7.25. The van der Waals surface area contributed by atoms with E-state index in [2.05, 4.69) is 47.8 Å². The van der Waals surface area contributed by atoms with Crippen LogP contribution in [-0.2, 0) is 19.4 Å². The minimum atomic E-state index is -0.302. The fourth-order valence-corrected chi connectivity index (χ4v) is 4.09. The normalized spacial score (nSPS) is 13.0. The number of nitrogens with zero attached hydrogens (tertiary/aromatic N) is 3. The van der Waals surface area contributed by atoms with Crippen LogP contribution in [0.15, 0.2) is 42.5 Å². The van der Waals surface area contributed by atoms with Crippen molar-refractivity contribution in [3.05, 3.63) is 63.7 Å². The molecule has 0 radical (unpaired) electrons. The monoisotopic (exact) mass is 349 g/mol. The molecule has 0 saturated carbocycles. The summed E-state index contributed by atoms with van der Waals surface area (Å²) in [5, 5.41) is 12.4. The molecule has 1 aromatic heterocycles. The van der Waals surface area contributed by atoms with Crippen molar-refractivity contribution in [3.63, 3.8) is 0 Å². The van der Waals surface area contributed by atoms with Gasteiger partial charge in [0.15, 0.2) is 0 Å². The number of nitro groups is 1. The van der Waals surface area contributed by atoms with Crippen LogP contribution in [-0.4, -0.2) is 35.0 Å². The van der Waals surface area contributed by atoms with Crippen LogP contribution in [0.25, 0.3) is 22.2 Å². The Morgan fingerprint density at radius 3 is 2.73 bits per heavy atom. The molecule has 0 saturated heterocycles. The van der Waals surface area contributed by atoms with E-state index in [1.54, 1.807) is 12.1 Å². The molecule has 3 aromatic rings. The quantitative estimate of drug-likeness (QED) is 0.511. The van der Waals surface area contributed by atoms with Gasteiger partial charge in [0.2, 0.25) is 0 Å². The van der Waals surface area contributed by atoms with Gasteiger partial charge >= 0.3 is 0 Å². The second kappa shape index (κ2) is 6.57. The number of non-ortho nitro benzene ring substituents is 1. The van der Waals surface area contributed by atoms with Crippen molar-refractivity contribution in [2.75, 3.05) is 20.6 Å². The molecule has 1 heterocycles. The van der Waals surface area contributed by atoms with Gasteiger partial charge in [-0.15, -0.1) is 0 Å². The van der Waals surface area contributed by atoms with Gasteiger partial charge in [0.05, 0.1) is 16.1 Å². The summed E-state index contributed by atoms with van der Waals surface area (Å²) >= 11 is 0. The summed E-state index contributed by atoms with van der Waals surface area (Å²) in [7, 11) is 4.15. The number of benzene rings is 2. The molecule has 1 aliphatic carbocycles. The van der Waals surface area contributed by atoms with Gasteiger partial charge in [-0.3, -0.25) is 10.1 Å². The van der Waals surface area contributed by atoms with E-state index in [9.17, 15) is 10.1 Å². The first-order valence-electron chi connectivity index (χ1n) is 9.09. The zero-order valence-electron chi connectivity index (χ0n) is 15.2. The van der Waals surface area contributed by atoms with E-state index >= 15 is 0 Å². The highest BCUT2D eigenvalue weighted by Gasteiger charge is 2.25. The molecule has 1 aliphatic rings. The topological polar surface area (TPSA) is 51.3 Å². The van der Waals surface area contributed by atoms with Crippen molar-refractivity contribution in [2.45, 2.75) is 25.8 Å². The van der Waals surface area contributed by atoms with E-state index in [0.717, 1.165) is 43.3 Å². The van der Waals surface area contributed by atoms with Crippen molar-refractivity contribution in [2.24, 2.45) is 0 Å². The minimum absolute atomic E-state index is 0.162. The standard InChI is InChI=1S/C21H23N3O2/c1-22(2)12-5-13-23-20-14-16(24(25)26)9-11-18(20)19-10-8-15-6-3-4-7-17(15)21(19)23/h3-4,6-7,9,11,14H,5,8,10,12-13H2,1-2H3. The SMILES string of the molecule is CN(C)CCCn1c2c(c3ccc([N+](=O)[O-])cc31)CCc1ccccc1-2. The Balaban J connectivity index is 1.92. The number of nitro benzene ring substituents is 1. The van der Waals surface area contributed by atoms with Crippen LogP contribution in [0.4, 0.5) is 5.69 Å². The molecule has 5 heteroatoms. The van der Waals surface area contributed by atoms with E-state index in [4.69, 9.17) is 0 Å². The second-order valence-corrected chi connectivity index (χ2v) is 7.25. The molecule has 0 fully saturated rings. The average Bonchev–Trinajstić information content (AvgIpc) is 2.95. The Labute approximate surface area is 153 Å². The van der Waals surface area contributed by atoms with Crippen molar-refractivity contribution in [1.29, 1.82) is 0 Å². The van der Waals surface area contributed by atoms with Crippen LogP contribution in [0.5, 0.6) is 0 Å².